The minimum absolute atomic E-state index is 0.0317. The third kappa shape index (κ3) is 4.61. The molecule has 0 aliphatic rings. The van der Waals surface area contributed by atoms with Gasteiger partial charge in [-0.05, 0) is 37.5 Å². The second-order valence-electron chi connectivity index (χ2n) is 3.91. The maximum atomic E-state index is 12.6. The third-order valence-corrected chi connectivity index (χ3v) is 2.41. The maximum Gasteiger partial charge on any atom is 0.161 e. The molecule has 0 aromatic heterocycles. The summed E-state index contributed by atoms with van der Waals surface area (Å²) in [5.41, 5.74) is 0.770. The molecule has 0 fully saturated rings. The molecule has 0 saturated heterocycles. The first kappa shape index (κ1) is 13.8. The van der Waals surface area contributed by atoms with E-state index in [1.807, 2.05) is 0 Å². The quantitative estimate of drug-likeness (QED) is 0.747. The molecule has 0 heterocycles. The van der Waals surface area contributed by atoms with Gasteiger partial charge in [-0.2, -0.15) is 0 Å². The van der Waals surface area contributed by atoms with Gasteiger partial charge in [-0.1, -0.05) is 6.07 Å². The van der Waals surface area contributed by atoms with Crippen LogP contribution in [0.25, 0.3) is 0 Å². The van der Waals surface area contributed by atoms with Crippen molar-refractivity contribution in [1.82, 2.24) is 0 Å². The summed E-state index contributed by atoms with van der Waals surface area (Å²) >= 11 is 0. The van der Waals surface area contributed by atoms with Crippen LogP contribution in [-0.2, 0) is 6.61 Å². The highest BCUT2D eigenvalue weighted by molar-refractivity contribution is 5.42. The Morgan fingerprint density at radius 2 is 2.12 bits per heavy atom. The Hall–Kier alpha value is -1.29. The van der Waals surface area contributed by atoms with Crippen molar-refractivity contribution in [3.63, 3.8) is 0 Å². The Bertz CT molecular complexity index is 339. The summed E-state index contributed by atoms with van der Waals surface area (Å²) < 4.78 is 23.2. The van der Waals surface area contributed by atoms with Gasteiger partial charge < -0.3 is 14.6 Å². The van der Waals surface area contributed by atoms with Crippen LogP contribution in [0.1, 0.15) is 25.3 Å². The smallest absolute Gasteiger partial charge is 0.161 e. The molecule has 0 amide bonds. The van der Waals surface area contributed by atoms with Crippen molar-refractivity contribution in [1.29, 1.82) is 0 Å². The molecule has 3 nitrogen and oxygen atoms in total. The highest BCUT2D eigenvalue weighted by Gasteiger charge is 2.05. The van der Waals surface area contributed by atoms with Crippen molar-refractivity contribution in [2.75, 3.05) is 13.7 Å². The molecule has 1 rings (SSSR count). The van der Waals surface area contributed by atoms with E-state index in [1.165, 1.54) is 6.92 Å². The number of hydrogen-bond donors (Lipinski definition) is 1. The summed E-state index contributed by atoms with van der Waals surface area (Å²) in [7, 11) is 1.55. The lowest BCUT2D eigenvalue weighted by Gasteiger charge is -2.11. The number of halogens is 1. The minimum atomic E-state index is -0.794. The van der Waals surface area contributed by atoms with E-state index in [2.05, 4.69) is 0 Å². The van der Waals surface area contributed by atoms with Crippen LogP contribution in [0.15, 0.2) is 18.2 Å². The van der Waals surface area contributed by atoms with Crippen molar-refractivity contribution < 1.29 is 19.0 Å². The lowest BCUT2D eigenvalue weighted by Crippen LogP contribution is -2.02. The zero-order valence-corrected chi connectivity index (χ0v) is 10.3. The van der Waals surface area contributed by atoms with E-state index in [9.17, 15) is 4.39 Å². The largest absolute Gasteiger partial charge is 0.493 e. The van der Waals surface area contributed by atoms with Crippen LogP contribution >= 0.6 is 0 Å². The molecule has 96 valence electrons. The Labute approximate surface area is 101 Å². The van der Waals surface area contributed by atoms with Crippen molar-refractivity contribution in [2.24, 2.45) is 0 Å². The Kier molecular flexibility index (Phi) is 5.77. The predicted octanol–water partition coefficient (Wildman–Crippen LogP) is 2.70. The average Bonchev–Trinajstić information content (AvgIpc) is 2.34. The first-order valence-corrected chi connectivity index (χ1v) is 5.72. The van der Waals surface area contributed by atoms with Crippen LogP contribution in [0.5, 0.6) is 11.5 Å². The fourth-order valence-corrected chi connectivity index (χ4v) is 1.48. The van der Waals surface area contributed by atoms with Crippen LogP contribution in [-0.4, -0.2) is 25.0 Å². The summed E-state index contributed by atoms with van der Waals surface area (Å²) in [6.07, 6.45) is 0.372. The number of alkyl halides is 1. The molecule has 0 aliphatic heterocycles. The predicted molar refractivity (Wildman–Crippen MR) is 64.2 cm³/mol. The molecule has 1 atom stereocenters. The second kappa shape index (κ2) is 7.12. The Morgan fingerprint density at radius 3 is 2.71 bits per heavy atom. The first-order chi connectivity index (χ1) is 8.17. The molecule has 0 aliphatic carbocycles. The Morgan fingerprint density at radius 1 is 1.35 bits per heavy atom. The van der Waals surface area contributed by atoms with Gasteiger partial charge in [0, 0.05) is 0 Å². The topological polar surface area (TPSA) is 38.7 Å². The standard InChI is InChI=1S/C13H19FO3/c1-10(14)4-3-7-17-12-6-5-11(9-15)8-13(12)16-2/h5-6,8,10,15H,3-4,7,9H2,1-2H3. The zero-order chi connectivity index (χ0) is 12.7. The number of aliphatic hydroxyl groups excluding tert-OH is 1. The normalized spacial score (nSPS) is 12.2. The Balaban J connectivity index is 2.52. The van der Waals surface area contributed by atoms with E-state index in [-0.39, 0.29) is 6.61 Å². The molecule has 0 spiro atoms. The van der Waals surface area contributed by atoms with E-state index in [1.54, 1.807) is 25.3 Å². The molecule has 1 N–H and O–H groups in total. The molecule has 1 aromatic carbocycles. The number of aliphatic hydroxyl groups is 1. The van der Waals surface area contributed by atoms with Crippen molar-refractivity contribution in [3.8, 4) is 11.5 Å². The molecule has 1 unspecified atom stereocenters. The molecule has 17 heavy (non-hydrogen) atoms. The van der Waals surface area contributed by atoms with Gasteiger partial charge in [0.05, 0.1) is 26.5 Å². The fraction of sp³-hybridized carbons (Fsp3) is 0.538. The van der Waals surface area contributed by atoms with Crippen molar-refractivity contribution in [2.45, 2.75) is 32.5 Å². The van der Waals surface area contributed by atoms with Gasteiger partial charge in [0.2, 0.25) is 0 Å². The third-order valence-electron chi connectivity index (χ3n) is 2.41. The molecule has 0 saturated carbocycles. The number of hydrogen-bond acceptors (Lipinski definition) is 3. The second-order valence-corrected chi connectivity index (χ2v) is 3.91. The van der Waals surface area contributed by atoms with Gasteiger partial charge in [-0.25, -0.2) is 4.39 Å². The highest BCUT2D eigenvalue weighted by atomic mass is 19.1. The van der Waals surface area contributed by atoms with Gasteiger partial charge in [0.15, 0.2) is 11.5 Å². The average molecular weight is 242 g/mol. The van der Waals surface area contributed by atoms with Gasteiger partial charge in [-0.15, -0.1) is 0 Å². The van der Waals surface area contributed by atoms with Gasteiger partial charge in [0.25, 0.3) is 0 Å². The summed E-state index contributed by atoms with van der Waals surface area (Å²) in [5.74, 6) is 1.21. The molecule has 4 heteroatoms. The minimum Gasteiger partial charge on any atom is -0.493 e. The fourth-order valence-electron chi connectivity index (χ4n) is 1.48. The van der Waals surface area contributed by atoms with E-state index >= 15 is 0 Å². The maximum absolute atomic E-state index is 12.6. The van der Waals surface area contributed by atoms with E-state index in [0.717, 1.165) is 5.56 Å². The van der Waals surface area contributed by atoms with Crippen molar-refractivity contribution >= 4 is 0 Å². The zero-order valence-electron chi connectivity index (χ0n) is 10.3. The number of benzene rings is 1. The molecule has 0 bridgehead atoms. The molecule has 0 radical (unpaired) electrons. The SMILES string of the molecule is COc1cc(CO)ccc1OCCCC(C)F. The molecular weight excluding hydrogens is 223 g/mol. The van der Waals surface area contributed by atoms with Gasteiger partial charge in [-0.3, -0.25) is 0 Å². The number of methoxy groups -OCH3 is 1. The van der Waals surface area contributed by atoms with E-state index in [0.29, 0.717) is 30.9 Å². The van der Waals surface area contributed by atoms with Crippen LogP contribution in [0, 0.1) is 0 Å². The van der Waals surface area contributed by atoms with Crippen LogP contribution < -0.4 is 9.47 Å². The van der Waals surface area contributed by atoms with Crippen LogP contribution in [0.3, 0.4) is 0 Å². The number of rotatable bonds is 7. The van der Waals surface area contributed by atoms with E-state index in [4.69, 9.17) is 14.6 Å². The van der Waals surface area contributed by atoms with Crippen LogP contribution in [0.4, 0.5) is 4.39 Å². The monoisotopic (exact) mass is 242 g/mol. The lowest BCUT2D eigenvalue weighted by molar-refractivity contribution is 0.257. The van der Waals surface area contributed by atoms with Gasteiger partial charge >= 0.3 is 0 Å². The molecular formula is C13H19FO3. The van der Waals surface area contributed by atoms with E-state index < -0.39 is 6.17 Å². The summed E-state index contributed by atoms with van der Waals surface area (Å²) in [5, 5.41) is 8.99. The summed E-state index contributed by atoms with van der Waals surface area (Å²) in [6, 6.07) is 5.26. The number of ether oxygens (including phenoxy) is 2. The van der Waals surface area contributed by atoms with Gasteiger partial charge in [0.1, 0.15) is 0 Å². The first-order valence-electron chi connectivity index (χ1n) is 5.72. The lowest BCUT2D eigenvalue weighted by atomic mass is 10.2. The summed E-state index contributed by atoms with van der Waals surface area (Å²) in [4.78, 5) is 0. The molecule has 1 aromatic rings. The van der Waals surface area contributed by atoms with Crippen LogP contribution in [0.2, 0.25) is 0 Å². The van der Waals surface area contributed by atoms with Crippen molar-refractivity contribution in [3.05, 3.63) is 23.8 Å². The summed E-state index contributed by atoms with van der Waals surface area (Å²) in [6.45, 7) is 1.97. The highest BCUT2D eigenvalue weighted by Crippen LogP contribution is 2.28.